The number of allylic oxidation sites excluding steroid dienone is 6. The predicted octanol–water partition coefficient (Wildman–Crippen LogP) is 11.7. The van der Waals surface area contributed by atoms with Crippen molar-refractivity contribution in [1.29, 1.82) is 0 Å². The Morgan fingerprint density at radius 3 is 1.34 bits per heavy atom. The van der Waals surface area contributed by atoms with E-state index in [1.54, 1.807) is 0 Å². The van der Waals surface area contributed by atoms with E-state index in [1.807, 2.05) is 0 Å². The molecule has 0 amide bonds. The topological polar surface area (TPSA) is 214 Å². The van der Waals surface area contributed by atoms with Gasteiger partial charge < -0.3 is 64.2 Å². The van der Waals surface area contributed by atoms with Crippen LogP contribution in [0.2, 0.25) is 0 Å². The zero-order chi connectivity index (χ0) is 55.1. The first-order valence-electron chi connectivity index (χ1n) is 31.1. The molecule has 0 aromatic carbocycles. The van der Waals surface area contributed by atoms with Crippen molar-refractivity contribution in [2.45, 2.75) is 319 Å². The molecule has 14 nitrogen and oxygen atoms in total. The van der Waals surface area contributed by atoms with Crippen LogP contribution in [0.3, 0.4) is 0 Å². The number of esters is 1. The van der Waals surface area contributed by atoms with Crippen molar-refractivity contribution >= 4 is 5.97 Å². The van der Waals surface area contributed by atoms with Crippen LogP contribution in [0.25, 0.3) is 0 Å². The molecule has 11 unspecified atom stereocenters. The quantitative estimate of drug-likeness (QED) is 0.0172. The Labute approximate surface area is 461 Å². The SMILES string of the molecule is CC/C=C\C/C=C\C/C=C\CCCCCCCCCC(=O)OC(COCCCCCCCCCCCCCCCCCCCCCCCCCCC)COC1OC(COC2OC(CO)C(O)C(O)C2O)C(O)C(O)C1O. The molecular weight excluding hydrogens is 969 g/mol. The minimum Gasteiger partial charge on any atom is -0.457 e. The summed E-state index contributed by atoms with van der Waals surface area (Å²) in [4.78, 5) is 13.1. The molecule has 2 heterocycles. The summed E-state index contributed by atoms with van der Waals surface area (Å²) in [5.41, 5.74) is 0. The summed E-state index contributed by atoms with van der Waals surface area (Å²) >= 11 is 0. The van der Waals surface area contributed by atoms with Crippen molar-refractivity contribution in [1.82, 2.24) is 0 Å². The fourth-order valence-corrected chi connectivity index (χ4v) is 9.95. The van der Waals surface area contributed by atoms with Crippen LogP contribution in [-0.4, -0.2) is 142 Å². The molecule has 2 saturated heterocycles. The average Bonchev–Trinajstić information content (AvgIpc) is 3.42. The van der Waals surface area contributed by atoms with Crippen molar-refractivity contribution in [3.63, 3.8) is 0 Å². The average molecular weight is 1080 g/mol. The van der Waals surface area contributed by atoms with Gasteiger partial charge in [-0.25, -0.2) is 0 Å². The van der Waals surface area contributed by atoms with Gasteiger partial charge in [-0.15, -0.1) is 0 Å². The van der Waals surface area contributed by atoms with E-state index < -0.39 is 80.7 Å². The van der Waals surface area contributed by atoms with Gasteiger partial charge >= 0.3 is 5.97 Å². The van der Waals surface area contributed by atoms with E-state index in [4.69, 9.17) is 28.4 Å². The van der Waals surface area contributed by atoms with Gasteiger partial charge in [-0.2, -0.15) is 0 Å². The Balaban J connectivity index is 1.66. The molecule has 0 saturated carbocycles. The maximum absolute atomic E-state index is 13.1. The van der Waals surface area contributed by atoms with E-state index in [0.717, 1.165) is 64.2 Å². The lowest BCUT2D eigenvalue weighted by Gasteiger charge is -2.42. The molecule has 2 aliphatic heterocycles. The number of aliphatic hydroxyl groups is 7. The van der Waals surface area contributed by atoms with Crippen LogP contribution < -0.4 is 0 Å². The summed E-state index contributed by atoms with van der Waals surface area (Å²) in [6.07, 6.45) is 42.2. The monoisotopic (exact) mass is 1080 g/mol. The predicted molar refractivity (Wildman–Crippen MR) is 303 cm³/mol. The van der Waals surface area contributed by atoms with Gasteiger partial charge in [0.05, 0.1) is 26.4 Å². The molecule has 7 N–H and O–H groups in total. The summed E-state index contributed by atoms with van der Waals surface area (Å²) in [7, 11) is 0. The summed E-state index contributed by atoms with van der Waals surface area (Å²) in [5.74, 6) is -0.382. The van der Waals surface area contributed by atoms with Gasteiger partial charge in [0, 0.05) is 13.0 Å². The second-order valence-corrected chi connectivity index (χ2v) is 21.9. The molecule has 0 aromatic rings. The number of carbonyl (C=O) groups excluding carboxylic acids is 1. The fraction of sp³-hybridized carbons (Fsp3) is 0.887. The molecule has 11 atom stereocenters. The number of carbonyl (C=O) groups is 1. The molecule has 0 aliphatic carbocycles. The fourth-order valence-electron chi connectivity index (χ4n) is 9.95. The molecular formula is C62H114O14. The first kappa shape index (κ1) is 70.3. The van der Waals surface area contributed by atoms with Crippen molar-refractivity contribution in [3.05, 3.63) is 36.5 Å². The van der Waals surface area contributed by atoms with Gasteiger partial charge in [-0.1, -0.05) is 237 Å². The van der Waals surface area contributed by atoms with Crippen LogP contribution in [0.15, 0.2) is 36.5 Å². The molecule has 2 rings (SSSR count). The molecule has 0 bridgehead atoms. The third-order valence-corrected chi connectivity index (χ3v) is 14.9. The number of hydrogen-bond donors (Lipinski definition) is 7. The highest BCUT2D eigenvalue weighted by atomic mass is 16.7. The van der Waals surface area contributed by atoms with Crippen molar-refractivity contribution < 1.29 is 69.0 Å². The van der Waals surface area contributed by atoms with Crippen LogP contribution in [0.1, 0.15) is 251 Å². The molecule has 446 valence electrons. The standard InChI is InChI=1S/C62H114O14/c1-3-5-7-9-11-13-15-17-19-21-22-23-24-25-26-27-28-30-32-34-36-38-40-42-44-46-71-48-51(74-54(64)45-43-41-39-37-35-33-31-29-20-18-16-14-12-10-8-6-4-2)49-72-61-60(70)58(68)56(66)53(76-61)50-73-62-59(69)57(67)55(65)52(47-63)75-62/h6,8,12,14,18,20,51-53,55-63,65-70H,3-5,7,9-11,13,15-17,19,21-50H2,1-2H3/b8-6-,14-12-,20-18-. The first-order valence-corrected chi connectivity index (χ1v) is 31.1. The maximum Gasteiger partial charge on any atom is 0.306 e. The minimum absolute atomic E-state index is 0.0608. The normalized spacial score (nSPS) is 24.6. The second kappa shape index (κ2) is 49.1. The maximum atomic E-state index is 13.1. The number of unbranched alkanes of at least 4 members (excludes halogenated alkanes) is 31. The molecule has 2 aliphatic rings. The smallest absolute Gasteiger partial charge is 0.306 e. The van der Waals surface area contributed by atoms with Gasteiger partial charge in [-0.3, -0.25) is 4.79 Å². The van der Waals surface area contributed by atoms with Crippen molar-refractivity contribution in [2.75, 3.05) is 33.0 Å². The van der Waals surface area contributed by atoms with Gasteiger partial charge in [-0.05, 0) is 44.9 Å². The van der Waals surface area contributed by atoms with E-state index in [9.17, 15) is 40.5 Å². The third kappa shape index (κ3) is 35.1. The highest BCUT2D eigenvalue weighted by Gasteiger charge is 2.47. The van der Waals surface area contributed by atoms with E-state index in [0.29, 0.717) is 13.0 Å². The van der Waals surface area contributed by atoms with Crippen molar-refractivity contribution in [3.8, 4) is 0 Å². The van der Waals surface area contributed by atoms with Gasteiger partial charge in [0.1, 0.15) is 54.9 Å². The Hall–Kier alpha value is -1.79. The number of ether oxygens (including phenoxy) is 6. The minimum atomic E-state index is -1.71. The van der Waals surface area contributed by atoms with E-state index in [1.165, 1.54) is 161 Å². The summed E-state index contributed by atoms with van der Waals surface area (Å²) in [5, 5.41) is 72.4. The van der Waals surface area contributed by atoms with Crippen LogP contribution in [0, 0.1) is 0 Å². The highest BCUT2D eigenvalue weighted by Crippen LogP contribution is 2.27. The second-order valence-electron chi connectivity index (χ2n) is 21.9. The summed E-state index contributed by atoms with van der Waals surface area (Å²) in [6.45, 7) is 3.62. The Kier molecular flexibility index (Phi) is 45.4. The summed E-state index contributed by atoms with van der Waals surface area (Å²) in [6, 6.07) is 0. The molecule has 0 radical (unpaired) electrons. The zero-order valence-corrected chi connectivity index (χ0v) is 48.0. The van der Waals surface area contributed by atoms with E-state index in [2.05, 4.69) is 50.3 Å². The largest absolute Gasteiger partial charge is 0.457 e. The highest BCUT2D eigenvalue weighted by molar-refractivity contribution is 5.69. The molecule has 14 heteroatoms. The lowest BCUT2D eigenvalue weighted by molar-refractivity contribution is -0.332. The zero-order valence-electron chi connectivity index (χ0n) is 48.0. The van der Waals surface area contributed by atoms with E-state index in [-0.39, 0.29) is 25.6 Å². The van der Waals surface area contributed by atoms with E-state index >= 15 is 0 Å². The van der Waals surface area contributed by atoms with Gasteiger partial charge in [0.15, 0.2) is 12.6 Å². The Bertz CT molecular complexity index is 1400. The number of hydrogen-bond acceptors (Lipinski definition) is 14. The van der Waals surface area contributed by atoms with Crippen LogP contribution in [0.4, 0.5) is 0 Å². The summed E-state index contributed by atoms with van der Waals surface area (Å²) < 4.78 is 34.4. The number of aliphatic hydroxyl groups excluding tert-OH is 7. The number of rotatable bonds is 51. The molecule has 2 fully saturated rings. The first-order chi connectivity index (χ1) is 37.1. The molecule has 76 heavy (non-hydrogen) atoms. The third-order valence-electron chi connectivity index (χ3n) is 14.9. The van der Waals surface area contributed by atoms with Crippen LogP contribution in [0.5, 0.6) is 0 Å². The lowest BCUT2D eigenvalue weighted by Crippen LogP contribution is -2.61. The van der Waals surface area contributed by atoms with Gasteiger partial charge in [0.25, 0.3) is 0 Å². The lowest BCUT2D eigenvalue weighted by atomic mass is 9.98. The van der Waals surface area contributed by atoms with Gasteiger partial charge in [0.2, 0.25) is 0 Å². The molecule has 0 spiro atoms. The van der Waals surface area contributed by atoms with Crippen LogP contribution >= 0.6 is 0 Å². The van der Waals surface area contributed by atoms with Crippen LogP contribution in [-0.2, 0) is 33.2 Å². The molecule has 0 aromatic heterocycles. The van der Waals surface area contributed by atoms with Crippen molar-refractivity contribution in [2.24, 2.45) is 0 Å². The Morgan fingerprint density at radius 2 is 0.855 bits per heavy atom. The Morgan fingerprint density at radius 1 is 0.447 bits per heavy atom.